The Morgan fingerprint density at radius 3 is 2.90 bits per heavy atom. The number of benzene rings is 1. The summed E-state index contributed by atoms with van der Waals surface area (Å²) in [4.78, 5) is 5.57. The molecule has 0 amide bonds. The fourth-order valence-electron chi connectivity index (χ4n) is 2.84. The molecule has 1 aromatic carbocycles. The van der Waals surface area contributed by atoms with E-state index in [0.29, 0.717) is 0 Å². The highest BCUT2D eigenvalue weighted by atomic mass is 32.2. The number of nitrogens with zero attached hydrogens (tertiary/aromatic N) is 2. The Morgan fingerprint density at radius 1 is 1.35 bits per heavy atom. The number of rotatable bonds is 3. The Kier molecular flexibility index (Phi) is 3.53. The first kappa shape index (κ1) is 13.2. The van der Waals surface area contributed by atoms with Crippen LogP contribution in [0.4, 0.5) is 0 Å². The third kappa shape index (κ3) is 2.12. The van der Waals surface area contributed by atoms with Crippen LogP contribution in [0.1, 0.15) is 29.8 Å². The van der Waals surface area contributed by atoms with Crippen LogP contribution >= 0.6 is 11.8 Å². The maximum absolute atomic E-state index is 7.89. The first-order chi connectivity index (χ1) is 9.72. The van der Waals surface area contributed by atoms with Crippen molar-refractivity contribution in [2.45, 2.75) is 30.6 Å². The van der Waals surface area contributed by atoms with Crippen molar-refractivity contribution >= 4 is 17.6 Å². The number of hydrogen-bond acceptors (Lipinski definition) is 3. The SMILES string of the molecule is CSc1cccc(-n2cnc3c2CCCC3)c1C(=N)N. The molecule has 2 aromatic rings. The van der Waals surface area contributed by atoms with E-state index in [4.69, 9.17) is 11.1 Å². The van der Waals surface area contributed by atoms with Crippen LogP contribution in [0.15, 0.2) is 29.4 Å². The van der Waals surface area contributed by atoms with Crippen molar-refractivity contribution in [1.82, 2.24) is 9.55 Å². The highest BCUT2D eigenvalue weighted by Gasteiger charge is 2.19. The van der Waals surface area contributed by atoms with E-state index in [1.165, 1.54) is 24.2 Å². The lowest BCUT2D eigenvalue weighted by molar-refractivity contribution is 0.655. The molecule has 0 saturated heterocycles. The number of amidine groups is 1. The van der Waals surface area contributed by atoms with Gasteiger partial charge in [0.1, 0.15) is 5.84 Å². The molecule has 0 spiro atoms. The molecule has 1 aliphatic rings. The minimum Gasteiger partial charge on any atom is -0.384 e. The van der Waals surface area contributed by atoms with Gasteiger partial charge < -0.3 is 10.3 Å². The number of thioether (sulfide) groups is 1. The van der Waals surface area contributed by atoms with Gasteiger partial charge >= 0.3 is 0 Å². The van der Waals surface area contributed by atoms with Crippen molar-refractivity contribution in [2.24, 2.45) is 5.73 Å². The summed E-state index contributed by atoms with van der Waals surface area (Å²) >= 11 is 1.62. The largest absolute Gasteiger partial charge is 0.384 e. The van der Waals surface area contributed by atoms with Gasteiger partial charge in [-0.1, -0.05) is 6.07 Å². The summed E-state index contributed by atoms with van der Waals surface area (Å²) in [5, 5.41) is 7.89. The summed E-state index contributed by atoms with van der Waals surface area (Å²) in [6.45, 7) is 0. The molecule has 0 saturated carbocycles. The monoisotopic (exact) mass is 286 g/mol. The molecule has 0 aliphatic heterocycles. The van der Waals surface area contributed by atoms with Gasteiger partial charge in [-0.05, 0) is 44.1 Å². The second kappa shape index (κ2) is 5.32. The van der Waals surface area contributed by atoms with Crippen molar-refractivity contribution < 1.29 is 0 Å². The predicted octanol–water partition coefficient (Wildman–Crippen LogP) is 2.76. The van der Waals surface area contributed by atoms with E-state index in [2.05, 4.69) is 9.55 Å². The van der Waals surface area contributed by atoms with Gasteiger partial charge in [0.25, 0.3) is 0 Å². The first-order valence-corrected chi connectivity index (χ1v) is 8.01. The number of nitrogens with one attached hydrogen (secondary N) is 1. The normalized spacial score (nSPS) is 14.1. The van der Waals surface area contributed by atoms with E-state index in [1.807, 2.05) is 30.8 Å². The predicted molar refractivity (Wildman–Crippen MR) is 83.0 cm³/mol. The standard InChI is InChI=1S/C15H18N4S/c1-20-13-8-4-7-12(14(13)15(16)17)19-9-18-10-5-2-3-6-11(10)19/h4,7-9H,2-3,5-6H2,1H3,(H3,16,17). The zero-order valence-corrected chi connectivity index (χ0v) is 12.3. The summed E-state index contributed by atoms with van der Waals surface area (Å²) < 4.78 is 2.12. The van der Waals surface area contributed by atoms with Crippen LogP contribution in [0.5, 0.6) is 0 Å². The van der Waals surface area contributed by atoms with Crippen molar-refractivity contribution in [3.8, 4) is 5.69 Å². The topological polar surface area (TPSA) is 67.7 Å². The highest BCUT2D eigenvalue weighted by molar-refractivity contribution is 7.98. The zero-order chi connectivity index (χ0) is 14.1. The summed E-state index contributed by atoms with van der Waals surface area (Å²) in [7, 11) is 0. The number of aryl methyl sites for hydroxylation is 1. The minimum atomic E-state index is 0.114. The van der Waals surface area contributed by atoms with Gasteiger partial charge in [0.15, 0.2) is 0 Å². The molecule has 0 bridgehead atoms. The third-order valence-corrected chi connectivity index (χ3v) is 4.56. The quantitative estimate of drug-likeness (QED) is 0.518. The van der Waals surface area contributed by atoms with Gasteiger partial charge in [-0.2, -0.15) is 0 Å². The summed E-state index contributed by atoms with van der Waals surface area (Å²) in [6, 6.07) is 6.05. The summed E-state index contributed by atoms with van der Waals surface area (Å²) in [5.74, 6) is 0.114. The summed E-state index contributed by atoms with van der Waals surface area (Å²) in [5.41, 5.74) is 10.1. The van der Waals surface area contributed by atoms with Crippen molar-refractivity contribution in [3.63, 3.8) is 0 Å². The van der Waals surface area contributed by atoms with Crippen molar-refractivity contribution in [1.29, 1.82) is 5.41 Å². The van der Waals surface area contributed by atoms with Gasteiger partial charge in [0.2, 0.25) is 0 Å². The molecule has 20 heavy (non-hydrogen) atoms. The second-order valence-electron chi connectivity index (χ2n) is 4.98. The molecule has 4 nitrogen and oxygen atoms in total. The second-order valence-corrected chi connectivity index (χ2v) is 5.83. The zero-order valence-electron chi connectivity index (χ0n) is 11.5. The van der Waals surface area contributed by atoms with E-state index in [0.717, 1.165) is 29.0 Å². The van der Waals surface area contributed by atoms with Crippen LogP contribution in [0.3, 0.4) is 0 Å². The van der Waals surface area contributed by atoms with E-state index in [1.54, 1.807) is 11.8 Å². The van der Waals surface area contributed by atoms with E-state index < -0.39 is 0 Å². The lowest BCUT2D eigenvalue weighted by Gasteiger charge is -2.17. The van der Waals surface area contributed by atoms with E-state index in [-0.39, 0.29) is 5.84 Å². The molecule has 1 aliphatic carbocycles. The van der Waals surface area contributed by atoms with Crippen LogP contribution in [0, 0.1) is 5.41 Å². The minimum absolute atomic E-state index is 0.114. The van der Waals surface area contributed by atoms with Crippen molar-refractivity contribution in [3.05, 3.63) is 41.5 Å². The molecule has 0 radical (unpaired) electrons. The van der Waals surface area contributed by atoms with Crippen LogP contribution in [-0.2, 0) is 12.8 Å². The molecular formula is C15H18N4S. The average molecular weight is 286 g/mol. The smallest absolute Gasteiger partial charge is 0.126 e. The number of aromatic nitrogens is 2. The maximum Gasteiger partial charge on any atom is 0.126 e. The summed E-state index contributed by atoms with van der Waals surface area (Å²) in [6.07, 6.45) is 8.41. The number of nitrogen functional groups attached to an aromatic ring is 1. The Balaban J connectivity index is 2.20. The van der Waals surface area contributed by atoms with Gasteiger partial charge in [-0.15, -0.1) is 11.8 Å². The molecule has 104 valence electrons. The molecule has 1 heterocycles. The maximum atomic E-state index is 7.89. The molecular weight excluding hydrogens is 268 g/mol. The van der Waals surface area contributed by atoms with Gasteiger partial charge in [0, 0.05) is 10.6 Å². The van der Waals surface area contributed by atoms with E-state index >= 15 is 0 Å². The Labute approximate surface area is 122 Å². The Hall–Kier alpha value is -1.75. The van der Waals surface area contributed by atoms with Crippen LogP contribution in [-0.4, -0.2) is 21.6 Å². The first-order valence-electron chi connectivity index (χ1n) is 6.79. The molecule has 0 atom stereocenters. The van der Waals surface area contributed by atoms with E-state index in [9.17, 15) is 0 Å². The number of imidazole rings is 1. The van der Waals surface area contributed by atoms with Crippen LogP contribution < -0.4 is 5.73 Å². The van der Waals surface area contributed by atoms with Gasteiger partial charge in [-0.25, -0.2) is 4.98 Å². The number of nitrogens with two attached hydrogens (primary N) is 1. The van der Waals surface area contributed by atoms with Crippen LogP contribution in [0.25, 0.3) is 5.69 Å². The Morgan fingerprint density at radius 2 is 2.15 bits per heavy atom. The number of hydrogen-bond donors (Lipinski definition) is 2. The lowest BCUT2D eigenvalue weighted by Crippen LogP contribution is -2.17. The molecule has 3 rings (SSSR count). The fourth-order valence-corrected chi connectivity index (χ4v) is 3.47. The van der Waals surface area contributed by atoms with Crippen molar-refractivity contribution in [2.75, 3.05) is 6.26 Å². The molecule has 1 aromatic heterocycles. The Bertz CT molecular complexity index is 660. The molecule has 0 fully saturated rings. The molecule has 3 N–H and O–H groups in total. The molecule has 0 unspecified atom stereocenters. The van der Waals surface area contributed by atoms with Gasteiger partial charge in [-0.3, -0.25) is 5.41 Å². The highest BCUT2D eigenvalue weighted by Crippen LogP contribution is 2.29. The average Bonchev–Trinajstić information content (AvgIpc) is 2.90. The third-order valence-electron chi connectivity index (χ3n) is 3.78. The molecule has 5 heteroatoms. The number of fused-ring (bicyclic) bond motifs is 1. The van der Waals surface area contributed by atoms with Gasteiger partial charge in [0.05, 0.1) is 23.3 Å². The fraction of sp³-hybridized carbons (Fsp3) is 0.333. The lowest BCUT2D eigenvalue weighted by atomic mass is 10.0. The van der Waals surface area contributed by atoms with Crippen LogP contribution in [0.2, 0.25) is 0 Å².